The number of rotatable bonds is 5. The van der Waals surface area contributed by atoms with E-state index in [2.05, 4.69) is 11.9 Å². The summed E-state index contributed by atoms with van der Waals surface area (Å²) in [7, 11) is 1.86. The number of fused-ring (bicyclic) bond motifs is 3. The Balaban J connectivity index is 2.18. The quantitative estimate of drug-likeness (QED) is 0.782. The van der Waals surface area contributed by atoms with E-state index in [1.54, 1.807) is 6.07 Å². The smallest absolute Gasteiger partial charge is 0.270 e. The molecule has 2 heterocycles. The Morgan fingerprint density at radius 3 is 2.67 bits per heavy atom. The Morgan fingerprint density at radius 2 is 1.96 bits per heavy atom. The molecular formula is C19H23N3O2. The number of amides is 1. The monoisotopic (exact) mass is 325 g/mol. The Morgan fingerprint density at radius 1 is 1.21 bits per heavy atom. The third-order valence-electron chi connectivity index (χ3n) is 4.58. The minimum absolute atomic E-state index is 0.0202. The predicted octanol–water partition coefficient (Wildman–Crippen LogP) is 3.28. The van der Waals surface area contributed by atoms with Crippen molar-refractivity contribution in [1.82, 2.24) is 14.5 Å². The van der Waals surface area contributed by atoms with E-state index in [-0.39, 0.29) is 11.5 Å². The van der Waals surface area contributed by atoms with Gasteiger partial charge in [-0.3, -0.25) is 9.59 Å². The number of H-pyrrole nitrogens is 1. The number of benzene rings is 1. The van der Waals surface area contributed by atoms with Gasteiger partial charge in [-0.25, -0.2) is 0 Å². The molecule has 0 bridgehead atoms. The number of nitrogens with zero attached hydrogens (tertiary/aromatic N) is 2. The van der Waals surface area contributed by atoms with Gasteiger partial charge in [0.05, 0.1) is 16.4 Å². The zero-order valence-corrected chi connectivity index (χ0v) is 14.4. The number of hydrogen-bond donors (Lipinski definition) is 1. The molecule has 126 valence electrons. The number of hydrogen-bond acceptors (Lipinski definition) is 2. The van der Waals surface area contributed by atoms with Crippen LogP contribution in [0.1, 0.15) is 37.2 Å². The molecular weight excluding hydrogens is 302 g/mol. The molecule has 1 aromatic carbocycles. The van der Waals surface area contributed by atoms with Crippen molar-refractivity contribution >= 4 is 27.7 Å². The van der Waals surface area contributed by atoms with Crippen LogP contribution < -0.4 is 5.56 Å². The molecule has 3 aromatic rings. The van der Waals surface area contributed by atoms with Gasteiger partial charge in [0.15, 0.2) is 0 Å². The van der Waals surface area contributed by atoms with Gasteiger partial charge in [0, 0.05) is 25.5 Å². The Hall–Kier alpha value is -2.56. The van der Waals surface area contributed by atoms with Crippen molar-refractivity contribution in [3.63, 3.8) is 0 Å². The van der Waals surface area contributed by atoms with Gasteiger partial charge in [-0.1, -0.05) is 31.5 Å². The highest BCUT2D eigenvalue weighted by Gasteiger charge is 2.21. The van der Waals surface area contributed by atoms with Crippen molar-refractivity contribution in [2.45, 2.75) is 26.7 Å². The molecule has 0 aliphatic heterocycles. The van der Waals surface area contributed by atoms with Gasteiger partial charge in [-0.15, -0.1) is 0 Å². The van der Waals surface area contributed by atoms with Crippen molar-refractivity contribution in [1.29, 1.82) is 0 Å². The van der Waals surface area contributed by atoms with Gasteiger partial charge in [-0.05, 0) is 25.5 Å². The first-order chi connectivity index (χ1) is 11.6. The molecule has 0 spiro atoms. The van der Waals surface area contributed by atoms with E-state index < -0.39 is 0 Å². The van der Waals surface area contributed by atoms with Crippen LogP contribution in [0.2, 0.25) is 0 Å². The van der Waals surface area contributed by atoms with Crippen LogP contribution in [-0.2, 0) is 7.05 Å². The number of unbranched alkanes of at least 4 members (excludes halogenated alkanes) is 1. The van der Waals surface area contributed by atoms with Crippen molar-refractivity contribution in [3.05, 3.63) is 46.4 Å². The molecule has 5 heteroatoms. The number of carbonyl (C=O) groups excluding carboxylic acids is 1. The molecule has 5 nitrogen and oxygen atoms in total. The number of pyridine rings is 1. The number of para-hydroxylation sites is 1. The van der Waals surface area contributed by atoms with E-state index >= 15 is 0 Å². The second-order valence-corrected chi connectivity index (χ2v) is 6.09. The number of nitrogens with one attached hydrogen (secondary N) is 1. The highest BCUT2D eigenvalue weighted by Crippen LogP contribution is 2.24. The van der Waals surface area contributed by atoms with E-state index in [1.807, 2.05) is 47.7 Å². The normalized spacial score (nSPS) is 11.3. The summed E-state index contributed by atoms with van der Waals surface area (Å²) in [5.41, 5.74) is 2.00. The van der Waals surface area contributed by atoms with Crippen LogP contribution in [0.5, 0.6) is 0 Å². The average molecular weight is 325 g/mol. The number of carbonyl (C=O) groups is 1. The molecule has 2 aromatic heterocycles. The third kappa shape index (κ3) is 2.60. The summed E-state index contributed by atoms with van der Waals surface area (Å²) < 4.78 is 1.85. The fraction of sp³-hybridized carbons (Fsp3) is 0.368. The molecule has 3 rings (SSSR count). The van der Waals surface area contributed by atoms with Crippen molar-refractivity contribution < 1.29 is 4.79 Å². The lowest BCUT2D eigenvalue weighted by Crippen LogP contribution is -2.32. The Bertz CT molecular complexity index is 952. The van der Waals surface area contributed by atoms with Crippen LogP contribution in [0.15, 0.2) is 35.1 Å². The lowest BCUT2D eigenvalue weighted by molar-refractivity contribution is 0.0753. The molecule has 0 aliphatic rings. The van der Waals surface area contributed by atoms with E-state index in [9.17, 15) is 9.59 Å². The van der Waals surface area contributed by atoms with Gasteiger partial charge in [0.1, 0.15) is 5.69 Å². The fourth-order valence-corrected chi connectivity index (χ4v) is 3.21. The Labute approximate surface area is 140 Å². The van der Waals surface area contributed by atoms with Crippen LogP contribution >= 0.6 is 0 Å². The summed E-state index contributed by atoms with van der Waals surface area (Å²) in [6.07, 6.45) is 2.02. The van der Waals surface area contributed by atoms with Gasteiger partial charge < -0.3 is 14.5 Å². The molecule has 0 saturated heterocycles. The van der Waals surface area contributed by atoms with E-state index in [0.29, 0.717) is 17.6 Å². The fourth-order valence-electron chi connectivity index (χ4n) is 3.21. The SMILES string of the molecule is CCCCN(CC)C(=O)c1cc2c(=O)[nH]c3ccccc3c2n1C. The summed E-state index contributed by atoms with van der Waals surface area (Å²) in [5, 5.41) is 1.51. The second-order valence-electron chi connectivity index (χ2n) is 6.09. The molecule has 0 radical (unpaired) electrons. The van der Waals surface area contributed by atoms with Crippen molar-refractivity contribution in [2.75, 3.05) is 13.1 Å². The molecule has 1 amide bonds. The first-order valence-electron chi connectivity index (χ1n) is 8.48. The summed E-state index contributed by atoms with van der Waals surface area (Å²) >= 11 is 0. The predicted molar refractivity (Wildman–Crippen MR) is 97.5 cm³/mol. The van der Waals surface area contributed by atoms with Crippen molar-refractivity contribution in [2.24, 2.45) is 7.05 Å². The zero-order valence-electron chi connectivity index (χ0n) is 14.4. The van der Waals surface area contributed by atoms with Crippen molar-refractivity contribution in [3.8, 4) is 0 Å². The summed E-state index contributed by atoms with van der Waals surface area (Å²) in [6, 6.07) is 9.40. The minimum atomic E-state index is -0.157. The van der Waals surface area contributed by atoms with Gasteiger partial charge in [-0.2, -0.15) is 0 Å². The molecule has 1 N–H and O–H groups in total. The average Bonchev–Trinajstić information content (AvgIpc) is 2.94. The number of aromatic amines is 1. The van der Waals surface area contributed by atoms with E-state index in [4.69, 9.17) is 0 Å². The van der Waals surface area contributed by atoms with Gasteiger partial charge in [0.25, 0.3) is 11.5 Å². The van der Waals surface area contributed by atoms with E-state index in [0.717, 1.165) is 35.8 Å². The lowest BCUT2D eigenvalue weighted by atomic mass is 10.1. The first kappa shape index (κ1) is 16.3. The zero-order chi connectivity index (χ0) is 17.3. The number of aromatic nitrogens is 2. The second kappa shape index (κ2) is 6.51. The maximum Gasteiger partial charge on any atom is 0.270 e. The summed E-state index contributed by atoms with van der Waals surface area (Å²) in [4.78, 5) is 30.0. The maximum atomic E-state index is 12.9. The topological polar surface area (TPSA) is 58.1 Å². The Kier molecular flexibility index (Phi) is 4.42. The number of aryl methyl sites for hydroxylation is 1. The largest absolute Gasteiger partial charge is 0.339 e. The summed E-state index contributed by atoms with van der Waals surface area (Å²) in [6.45, 7) is 5.50. The lowest BCUT2D eigenvalue weighted by Gasteiger charge is -2.20. The molecule has 24 heavy (non-hydrogen) atoms. The van der Waals surface area contributed by atoms with Crippen LogP contribution in [0.4, 0.5) is 0 Å². The van der Waals surface area contributed by atoms with Gasteiger partial charge in [0.2, 0.25) is 0 Å². The van der Waals surface area contributed by atoms with Crippen LogP contribution in [0.25, 0.3) is 21.8 Å². The molecule has 0 aliphatic carbocycles. The van der Waals surface area contributed by atoms with Crippen LogP contribution in [-0.4, -0.2) is 33.4 Å². The van der Waals surface area contributed by atoms with E-state index in [1.165, 1.54) is 0 Å². The molecule has 0 unspecified atom stereocenters. The van der Waals surface area contributed by atoms with Crippen LogP contribution in [0, 0.1) is 0 Å². The van der Waals surface area contributed by atoms with Crippen LogP contribution in [0.3, 0.4) is 0 Å². The standard InChI is InChI=1S/C19H23N3O2/c1-4-6-11-22(5-2)19(24)16-12-14-17(21(16)3)13-9-7-8-10-15(13)20-18(14)23/h7-10,12H,4-6,11H2,1-3H3,(H,20,23). The molecule has 0 atom stereocenters. The molecule has 0 fully saturated rings. The summed E-state index contributed by atoms with van der Waals surface area (Å²) in [5.74, 6) is -0.0202. The van der Waals surface area contributed by atoms with Gasteiger partial charge >= 0.3 is 0 Å². The third-order valence-corrected chi connectivity index (χ3v) is 4.58. The maximum absolute atomic E-state index is 12.9. The first-order valence-corrected chi connectivity index (χ1v) is 8.48. The highest BCUT2D eigenvalue weighted by molar-refractivity contribution is 6.07. The highest BCUT2D eigenvalue weighted by atomic mass is 16.2. The minimum Gasteiger partial charge on any atom is -0.339 e. The molecule has 0 saturated carbocycles.